The molecule has 0 N–H and O–H groups in total. The number of carbonyl (C=O) groups is 1. The van der Waals surface area contributed by atoms with Crippen molar-refractivity contribution in [2.24, 2.45) is 0 Å². The van der Waals surface area contributed by atoms with Crippen LogP contribution in [0.4, 0.5) is 10.3 Å². The number of aryl methyl sites for hydroxylation is 1. The standard InChI is InChI=1S/C16H19FN4O/c1-2-19-8-7-18-16(19)21-11-9-20(10-12-21)15(22)13-3-5-14(17)6-4-13/h3-8H,2,9-12H2,1H3. The van der Waals surface area contributed by atoms with Gasteiger partial charge in [0.05, 0.1) is 0 Å². The molecule has 22 heavy (non-hydrogen) atoms. The highest BCUT2D eigenvalue weighted by Gasteiger charge is 2.24. The fourth-order valence-electron chi connectivity index (χ4n) is 2.72. The number of nitrogens with zero attached hydrogens (tertiary/aromatic N) is 4. The molecule has 1 aliphatic rings. The van der Waals surface area contributed by atoms with E-state index in [1.54, 1.807) is 6.20 Å². The second kappa shape index (κ2) is 6.17. The van der Waals surface area contributed by atoms with Crippen LogP contribution in [0, 0.1) is 5.82 Å². The fourth-order valence-corrected chi connectivity index (χ4v) is 2.72. The summed E-state index contributed by atoms with van der Waals surface area (Å²) < 4.78 is 15.0. The van der Waals surface area contributed by atoms with Gasteiger partial charge in [-0.05, 0) is 31.2 Å². The lowest BCUT2D eigenvalue weighted by Crippen LogP contribution is -2.49. The number of carbonyl (C=O) groups excluding carboxylic acids is 1. The molecule has 0 saturated carbocycles. The summed E-state index contributed by atoms with van der Waals surface area (Å²) in [5.74, 6) is 0.586. The Balaban J connectivity index is 1.64. The number of anilines is 1. The van der Waals surface area contributed by atoms with E-state index in [0.717, 1.165) is 25.6 Å². The van der Waals surface area contributed by atoms with Crippen molar-refractivity contribution in [3.63, 3.8) is 0 Å². The topological polar surface area (TPSA) is 41.4 Å². The lowest BCUT2D eigenvalue weighted by Gasteiger charge is -2.35. The normalized spacial score (nSPS) is 15.2. The Morgan fingerprint density at radius 1 is 1.18 bits per heavy atom. The lowest BCUT2D eigenvalue weighted by atomic mass is 10.2. The Morgan fingerprint density at radius 3 is 2.50 bits per heavy atom. The molecule has 0 unspecified atom stereocenters. The van der Waals surface area contributed by atoms with Crippen LogP contribution in [0.5, 0.6) is 0 Å². The molecule has 1 fully saturated rings. The summed E-state index contributed by atoms with van der Waals surface area (Å²) in [6.45, 7) is 5.76. The summed E-state index contributed by atoms with van der Waals surface area (Å²) in [5, 5.41) is 0. The van der Waals surface area contributed by atoms with Crippen LogP contribution < -0.4 is 4.90 Å². The first-order valence-corrected chi connectivity index (χ1v) is 7.50. The van der Waals surface area contributed by atoms with Gasteiger partial charge in [0.15, 0.2) is 0 Å². The van der Waals surface area contributed by atoms with E-state index in [9.17, 15) is 9.18 Å². The first kappa shape index (κ1) is 14.6. The zero-order chi connectivity index (χ0) is 15.5. The molecule has 0 radical (unpaired) electrons. The molecule has 0 aliphatic carbocycles. The molecule has 116 valence electrons. The molecule has 2 aromatic rings. The second-order valence-corrected chi connectivity index (χ2v) is 5.30. The minimum atomic E-state index is -0.326. The molecule has 0 spiro atoms. The van der Waals surface area contributed by atoms with E-state index >= 15 is 0 Å². The molecule has 3 rings (SSSR count). The van der Waals surface area contributed by atoms with Crippen molar-refractivity contribution in [1.29, 1.82) is 0 Å². The number of amides is 1. The molecule has 1 saturated heterocycles. The van der Waals surface area contributed by atoms with Crippen LogP contribution in [0.3, 0.4) is 0 Å². The van der Waals surface area contributed by atoms with Crippen molar-refractivity contribution in [2.75, 3.05) is 31.1 Å². The highest BCUT2D eigenvalue weighted by Crippen LogP contribution is 2.16. The van der Waals surface area contributed by atoms with E-state index in [-0.39, 0.29) is 11.7 Å². The Labute approximate surface area is 129 Å². The Bertz CT molecular complexity index is 644. The Kier molecular flexibility index (Phi) is 4.09. The molecule has 0 atom stereocenters. The molecule has 1 amide bonds. The fraction of sp³-hybridized carbons (Fsp3) is 0.375. The first-order chi connectivity index (χ1) is 10.7. The lowest BCUT2D eigenvalue weighted by molar-refractivity contribution is 0.0746. The minimum absolute atomic E-state index is 0.0431. The number of hydrogen-bond donors (Lipinski definition) is 0. The van der Waals surface area contributed by atoms with Crippen molar-refractivity contribution in [3.8, 4) is 0 Å². The van der Waals surface area contributed by atoms with E-state index in [1.807, 2.05) is 11.1 Å². The minimum Gasteiger partial charge on any atom is -0.339 e. The number of piperazine rings is 1. The predicted octanol–water partition coefficient (Wildman–Crippen LogP) is 2.00. The molecule has 0 bridgehead atoms. The average Bonchev–Trinajstić information content (AvgIpc) is 3.04. The van der Waals surface area contributed by atoms with Gasteiger partial charge in [-0.3, -0.25) is 4.79 Å². The zero-order valence-electron chi connectivity index (χ0n) is 12.6. The molecule has 5 nitrogen and oxygen atoms in total. The molecule has 6 heteroatoms. The van der Waals surface area contributed by atoms with Gasteiger partial charge in [0, 0.05) is 50.7 Å². The molecular formula is C16H19FN4O. The highest BCUT2D eigenvalue weighted by atomic mass is 19.1. The van der Waals surface area contributed by atoms with Gasteiger partial charge in [0.25, 0.3) is 5.91 Å². The molecule has 2 heterocycles. The van der Waals surface area contributed by atoms with Crippen molar-refractivity contribution >= 4 is 11.9 Å². The summed E-state index contributed by atoms with van der Waals surface area (Å²) in [6, 6.07) is 5.71. The van der Waals surface area contributed by atoms with Crippen LogP contribution in [-0.4, -0.2) is 46.5 Å². The third-order valence-electron chi connectivity index (χ3n) is 3.98. The number of aromatic nitrogens is 2. The van der Waals surface area contributed by atoms with Gasteiger partial charge >= 0.3 is 0 Å². The van der Waals surface area contributed by atoms with E-state index in [2.05, 4.69) is 21.4 Å². The summed E-state index contributed by atoms with van der Waals surface area (Å²) >= 11 is 0. The van der Waals surface area contributed by atoms with E-state index < -0.39 is 0 Å². The second-order valence-electron chi connectivity index (χ2n) is 5.30. The van der Waals surface area contributed by atoms with Crippen molar-refractivity contribution < 1.29 is 9.18 Å². The van der Waals surface area contributed by atoms with E-state index in [4.69, 9.17) is 0 Å². The zero-order valence-corrected chi connectivity index (χ0v) is 12.6. The number of imidazole rings is 1. The van der Waals surface area contributed by atoms with Crippen LogP contribution in [0.25, 0.3) is 0 Å². The summed E-state index contributed by atoms with van der Waals surface area (Å²) in [7, 11) is 0. The van der Waals surface area contributed by atoms with Gasteiger partial charge in [-0.25, -0.2) is 9.37 Å². The molecular weight excluding hydrogens is 283 g/mol. The smallest absolute Gasteiger partial charge is 0.253 e. The van der Waals surface area contributed by atoms with Crippen molar-refractivity contribution in [1.82, 2.24) is 14.5 Å². The van der Waals surface area contributed by atoms with Crippen LogP contribution in [0.1, 0.15) is 17.3 Å². The van der Waals surface area contributed by atoms with Gasteiger partial charge in [0.1, 0.15) is 5.82 Å². The average molecular weight is 302 g/mol. The van der Waals surface area contributed by atoms with Gasteiger partial charge < -0.3 is 14.4 Å². The van der Waals surface area contributed by atoms with Gasteiger partial charge in [-0.2, -0.15) is 0 Å². The Hall–Kier alpha value is -2.37. The maximum atomic E-state index is 12.9. The summed E-state index contributed by atoms with van der Waals surface area (Å²) in [5.41, 5.74) is 0.532. The summed E-state index contributed by atoms with van der Waals surface area (Å²) in [6.07, 6.45) is 3.76. The van der Waals surface area contributed by atoms with E-state index in [0.29, 0.717) is 18.7 Å². The maximum absolute atomic E-state index is 12.9. The number of benzene rings is 1. The Morgan fingerprint density at radius 2 is 1.86 bits per heavy atom. The van der Waals surface area contributed by atoms with Gasteiger partial charge in [0.2, 0.25) is 5.95 Å². The third kappa shape index (κ3) is 2.81. The number of hydrogen-bond acceptors (Lipinski definition) is 3. The van der Waals surface area contributed by atoms with Crippen LogP contribution >= 0.6 is 0 Å². The van der Waals surface area contributed by atoms with Gasteiger partial charge in [-0.15, -0.1) is 0 Å². The number of rotatable bonds is 3. The maximum Gasteiger partial charge on any atom is 0.253 e. The van der Waals surface area contributed by atoms with Gasteiger partial charge in [-0.1, -0.05) is 0 Å². The third-order valence-corrected chi connectivity index (χ3v) is 3.98. The first-order valence-electron chi connectivity index (χ1n) is 7.50. The van der Waals surface area contributed by atoms with Crippen LogP contribution in [0.2, 0.25) is 0 Å². The predicted molar refractivity (Wildman–Crippen MR) is 82.4 cm³/mol. The van der Waals surface area contributed by atoms with Crippen molar-refractivity contribution in [2.45, 2.75) is 13.5 Å². The van der Waals surface area contributed by atoms with Crippen LogP contribution in [0.15, 0.2) is 36.7 Å². The summed E-state index contributed by atoms with van der Waals surface area (Å²) in [4.78, 5) is 20.8. The largest absolute Gasteiger partial charge is 0.339 e. The van der Waals surface area contributed by atoms with E-state index in [1.165, 1.54) is 24.3 Å². The molecule has 1 aromatic carbocycles. The molecule has 1 aromatic heterocycles. The highest BCUT2D eigenvalue weighted by molar-refractivity contribution is 5.94. The monoisotopic (exact) mass is 302 g/mol. The quantitative estimate of drug-likeness (QED) is 0.871. The van der Waals surface area contributed by atoms with Crippen LogP contribution in [-0.2, 0) is 6.54 Å². The molecule has 1 aliphatic heterocycles. The number of halogens is 1. The van der Waals surface area contributed by atoms with Crippen molar-refractivity contribution in [3.05, 3.63) is 48.0 Å². The SMILES string of the molecule is CCn1ccnc1N1CCN(C(=O)c2ccc(F)cc2)CC1.